The molecule has 14 heavy (non-hydrogen) atoms. The van der Waals surface area contributed by atoms with Crippen molar-refractivity contribution < 1.29 is 5.21 Å². The average molecular weight is 210 g/mol. The van der Waals surface area contributed by atoms with Crippen LogP contribution in [0.2, 0.25) is 5.02 Å². The number of rotatable bonds is 1. The van der Waals surface area contributed by atoms with Crippen molar-refractivity contribution in [2.45, 2.75) is 6.92 Å². The second kappa shape index (κ2) is 3.31. The minimum Gasteiger partial charge on any atom is -0.411 e. The van der Waals surface area contributed by atoms with Gasteiger partial charge in [0, 0.05) is 5.02 Å². The number of fused-ring (bicyclic) bond motifs is 1. The number of imidazole rings is 1. The molecule has 0 spiro atoms. The van der Waals surface area contributed by atoms with Gasteiger partial charge in [0.2, 0.25) is 0 Å². The quantitative estimate of drug-likeness (QED) is 0.431. The molecule has 0 aliphatic heterocycles. The molecule has 0 unspecified atom stereocenters. The number of nitrogens with zero attached hydrogens (tertiary/aromatic N) is 2. The summed E-state index contributed by atoms with van der Waals surface area (Å²) in [6, 6.07) is 5.35. The van der Waals surface area contributed by atoms with Gasteiger partial charge in [0.05, 0.1) is 11.0 Å². The highest BCUT2D eigenvalue weighted by Crippen LogP contribution is 2.17. The molecule has 2 N–H and O–H groups in total. The molecule has 1 aromatic heterocycles. The minimum atomic E-state index is 0.442. The summed E-state index contributed by atoms with van der Waals surface area (Å²) >= 11 is 5.81. The van der Waals surface area contributed by atoms with Crippen LogP contribution < -0.4 is 0 Å². The zero-order valence-corrected chi connectivity index (χ0v) is 8.21. The van der Waals surface area contributed by atoms with E-state index in [1.807, 2.05) is 6.07 Å². The maximum absolute atomic E-state index is 8.57. The van der Waals surface area contributed by atoms with Gasteiger partial charge in [-0.15, -0.1) is 0 Å². The van der Waals surface area contributed by atoms with Crippen LogP contribution in [-0.4, -0.2) is 20.9 Å². The maximum Gasteiger partial charge on any atom is 0.156 e. The zero-order valence-electron chi connectivity index (χ0n) is 7.45. The highest BCUT2D eigenvalue weighted by Gasteiger charge is 2.05. The van der Waals surface area contributed by atoms with E-state index in [4.69, 9.17) is 16.8 Å². The Morgan fingerprint density at radius 2 is 2.36 bits per heavy atom. The van der Waals surface area contributed by atoms with E-state index >= 15 is 0 Å². The number of oxime groups is 1. The summed E-state index contributed by atoms with van der Waals surface area (Å²) in [6.45, 7) is 1.67. The lowest BCUT2D eigenvalue weighted by molar-refractivity contribution is 0.319. The minimum absolute atomic E-state index is 0.442. The fourth-order valence-electron chi connectivity index (χ4n) is 1.20. The van der Waals surface area contributed by atoms with E-state index in [1.54, 1.807) is 19.1 Å². The van der Waals surface area contributed by atoms with E-state index in [2.05, 4.69) is 15.1 Å². The number of benzene rings is 1. The molecular formula is C9H8ClN3O. The number of aromatic nitrogens is 2. The smallest absolute Gasteiger partial charge is 0.156 e. The molecule has 0 amide bonds. The van der Waals surface area contributed by atoms with Crippen molar-refractivity contribution in [3.63, 3.8) is 0 Å². The van der Waals surface area contributed by atoms with Gasteiger partial charge >= 0.3 is 0 Å². The van der Waals surface area contributed by atoms with Gasteiger partial charge in [-0.1, -0.05) is 16.8 Å². The summed E-state index contributed by atoms with van der Waals surface area (Å²) < 4.78 is 0. The van der Waals surface area contributed by atoms with Gasteiger partial charge in [0.15, 0.2) is 5.82 Å². The second-order valence-electron chi connectivity index (χ2n) is 2.93. The Hall–Kier alpha value is -1.55. The number of hydrogen-bond donors (Lipinski definition) is 2. The highest BCUT2D eigenvalue weighted by atomic mass is 35.5. The molecule has 0 bridgehead atoms. The van der Waals surface area contributed by atoms with Gasteiger partial charge in [0.1, 0.15) is 5.71 Å². The van der Waals surface area contributed by atoms with Crippen LogP contribution in [0.1, 0.15) is 12.7 Å². The number of halogens is 1. The van der Waals surface area contributed by atoms with E-state index in [0.29, 0.717) is 16.6 Å². The van der Waals surface area contributed by atoms with E-state index in [0.717, 1.165) is 11.0 Å². The Kier molecular flexibility index (Phi) is 2.13. The number of aromatic amines is 1. The Bertz CT molecular complexity index is 504. The van der Waals surface area contributed by atoms with Crippen LogP contribution in [0.4, 0.5) is 0 Å². The van der Waals surface area contributed by atoms with E-state index < -0.39 is 0 Å². The molecule has 4 nitrogen and oxygen atoms in total. The standard InChI is InChI=1S/C9H8ClN3O/c1-5(13-14)9-11-7-3-2-6(10)4-8(7)12-9/h2-4,14H,1H3,(H,11,12)/b13-5+. The predicted octanol–water partition coefficient (Wildman–Crippen LogP) is 2.41. The van der Waals surface area contributed by atoms with E-state index in [-0.39, 0.29) is 0 Å². The molecule has 2 aromatic rings. The Labute approximate surface area is 85.2 Å². The van der Waals surface area contributed by atoms with Crippen LogP contribution in [0.5, 0.6) is 0 Å². The SMILES string of the molecule is C/C(=N\O)c1nc2ccc(Cl)cc2[nH]1. The topological polar surface area (TPSA) is 61.3 Å². The average Bonchev–Trinajstić information content (AvgIpc) is 2.59. The van der Waals surface area contributed by atoms with Gasteiger partial charge in [-0.25, -0.2) is 4.98 Å². The third-order valence-corrected chi connectivity index (χ3v) is 2.17. The Balaban J connectivity index is 2.62. The molecule has 0 aliphatic carbocycles. The highest BCUT2D eigenvalue weighted by molar-refractivity contribution is 6.31. The van der Waals surface area contributed by atoms with Crippen LogP contribution >= 0.6 is 11.6 Å². The monoisotopic (exact) mass is 209 g/mol. The van der Waals surface area contributed by atoms with Gasteiger partial charge in [-0.3, -0.25) is 0 Å². The molecule has 0 atom stereocenters. The van der Waals surface area contributed by atoms with E-state index in [9.17, 15) is 0 Å². The molecule has 5 heteroatoms. The zero-order chi connectivity index (χ0) is 10.1. The van der Waals surface area contributed by atoms with Crippen molar-refractivity contribution in [2.75, 3.05) is 0 Å². The summed E-state index contributed by atoms with van der Waals surface area (Å²) in [5, 5.41) is 12.3. The fraction of sp³-hybridized carbons (Fsp3) is 0.111. The first kappa shape index (κ1) is 9.02. The Morgan fingerprint density at radius 3 is 3.07 bits per heavy atom. The maximum atomic E-state index is 8.57. The first-order valence-corrected chi connectivity index (χ1v) is 4.43. The number of nitrogens with one attached hydrogen (secondary N) is 1. The van der Waals surface area contributed by atoms with E-state index in [1.165, 1.54) is 0 Å². The van der Waals surface area contributed by atoms with Crippen molar-refractivity contribution in [2.24, 2.45) is 5.16 Å². The lowest BCUT2D eigenvalue weighted by Gasteiger charge is -1.88. The molecule has 0 radical (unpaired) electrons. The van der Waals surface area contributed by atoms with Gasteiger partial charge in [-0.05, 0) is 25.1 Å². The van der Waals surface area contributed by atoms with Crippen molar-refractivity contribution in [1.82, 2.24) is 9.97 Å². The van der Waals surface area contributed by atoms with Gasteiger partial charge < -0.3 is 10.2 Å². The first-order chi connectivity index (χ1) is 6.70. The molecule has 1 aromatic carbocycles. The summed E-state index contributed by atoms with van der Waals surface area (Å²) in [5.74, 6) is 0.546. The third kappa shape index (κ3) is 1.44. The molecule has 0 fully saturated rings. The molecule has 0 aliphatic rings. The molecule has 2 rings (SSSR count). The van der Waals surface area contributed by atoms with Crippen LogP contribution in [0.25, 0.3) is 11.0 Å². The van der Waals surface area contributed by atoms with Crippen molar-refractivity contribution in [3.05, 3.63) is 29.0 Å². The summed E-state index contributed by atoms with van der Waals surface area (Å²) in [7, 11) is 0. The fourth-order valence-corrected chi connectivity index (χ4v) is 1.37. The van der Waals surface area contributed by atoms with Crippen LogP contribution in [0.3, 0.4) is 0 Å². The molecule has 72 valence electrons. The lowest BCUT2D eigenvalue weighted by atomic mass is 10.3. The summed E-state index contributed by atoms with van der Waals surface area (Å²) in [6.07, 6.45) is 0. The van der Waals surface area contributed by atoms with Crippen LogP contribution in [0, 0.1) is 0 Å². The molecular weight excluding hydrogens is 202 g/mol. The van der Waals surface area contributed by atoms with Gasteiger partial charge in [-0.2, -0.15) is 0 Å². The number of hydrogen-bond acceptors (Lipinski definition) is 3. The first-order valence-electron chi connectivity index (χ1n) is 4.05. The molecule has 0 saturated heterocycles. The Morgan fingerprint density at radius 1 is 1.57 bits per heavy atom. The lowest BCUT2D eigenvalue weighted by Crippen LogP contribution is -1.96. The summed E-state index contributed by atoms with van der Waals surface area (Å²) in [4.78, 5) is 7.22. The third-order valence-electron chi connectivity index (χ3n) is 1.94. The van der Waals surface area contributed by atoms with Crippen LogP contribution in [-0.2, 0) is 0 Å². The predicted molar refractivity (Wildman–Crippen MR) is 55.1 cm³/mol. The molecule has 1 heterocycles. The van der Waals surface area contributed by atoms with Crippen molar-refractivity contribution in [1.29, 1.82) is 0 Å². The largest absolute Gasteiger partial charge is 0.411 e. The van der Waals surface area contributed by atoms with Gasteiger partial charge in [0.25, 0.3) is 0 Å². The normalized spacial score (nSPS) is 12.3. The number of H-pyrrole nitrogens is 1. The molecule has 0 saturated carbocycles. The van der Waals surface area contributed by atoms with Crippen molar-refractivity contribution in [3.8, 4) is 0 Å². The summed E-state index contributed by atoms with van der Waals surface area (Å²) in [5.41, 5.74) is 2.07. The second-order valence-corrected chi connectivity index (χ2v) is 3.37. The van der Waals surface area contributed by atoms with Crippen molar-refractivity contribution >= 4 is 28.3 Å². The van der Waals surface area contributed by atoms with Crippen LogP contribution in [0.15, 0.2) is 23.4 Å².